The minimum absolute atomic E-state index is 0.104. The van der Waals surface area contributed by atoms with E-state index >= 15 is 0 Å². The van der Waals surface area contributed by atoms with E-state index in [2.05, 4.69) is 16.9 Å². The highest BCUT2D eigenvalue weighted by Crippen LogP contribution is 2.25. The number of H-pyrrole nitrogens is 1. The van der Waals surface area contributed by atoms with Crippen molar-refractivity contribution in [3.8, 4) is 0 Å². The van der Waals surface area contributed by atoms with Gasteiger partial charge in [-0.05, 0) is 55.0 Å². The van der Waals surface area contributed by atoms with Gasteiger partial charge in [0, 0.05) is 23.1 Å². The molecule has 0 unspecified atom stereocenters. The summed E-state index contributed by atoms with van der Waals surface area (Å²) in [6, 6.07) is 5.41. The first-order chi connectivity index (χ1) is 13.9. The van der Waals surface area contributed by atoms with Gasteiger partial charge < -0.3 is 4.98 Å². The molecule has 2 aromatic heterocycles. The number of aromatic amines is 1. The number of nitrogens with zero attached hydrogens (tertiary/aromatic N) is 3. The first-order valence-corrected chi connectivity index (χ1v) is 10.9. The summed E-state index contributed by atoms with van der Waals surface area (Å²) in [7, 11) is 0. The minimum Gasteiger partial charge on any atom is -0.323 e. The van der Waals surface area contributed by atoms with Crippen molar-refractivity contribution in [3.05, 3.63) is 59.9 Å². The Hall–Kier alpha value is -1.76. The highest BCUT2D eigenvalue weighted by Gasteiger charge is 2.16. The van der Waals surface area contributed by atoms with Gasteiger partial charge in [0.15, 0.2) is 11.2 Å². The van der Waals surface area contributed by atoms with Crippen molar-refractivity contribution < 1.29 is 0 Å². The zero-order valence-corrected chi connectivity index (χ0v) is 18.4. The van der Waals surface area contributed by atoms with Crippen molar-refractivity contribution in [2.24, 2.45) is 0 Å². The second-order valence-electron chi connectivity index (χ2n) is 6.98. The monoisotopic (exact) mass is 456 g/mol. The normalized spacial score (nSPS) is 11.4. The molecule has 3 rings (SSSR count). The van der Waals surface area contributed by atoms with Crippen LogP contribution in [0.4, 0.5) is 0 Å². The van der Waals surface area contributed by atoms with Gasteiger partial charge in [-0.2, -0.15) is 4.98 Å². The molecule has 0 aliphatic carbocycles. The van der Waals surface area contributed by atoms with Crippen molar-refractivity contribution in [1.82, 2.24) is 19.1 Å². The van der Waals surface area contributed by atoms with Gasteiger partial charge in [0.25, 0.3) is 5.56 Å². The quantitative estimate of drug-likeness (QED) is 0.360. The Bertz CT molecular complexity index is 1100. The second kappa shape index (κ2) is 9.83. The van der Waals surface area contributed by atoms with Gasteiger partial charge in [-0.3, -0.25) is 13.9 Å². The van der Waals surface area contributed by atoms with E-state index in [9.17, 15) is 9.59 Å². The molecule has 0 radical (unpaired) electrons. The number of halogens is 3. The first-order valence-electron chi connectivity index (χ1n) is 9.75. The van der Waals surface area contributed by atoms with Crippen LogP contribution in [0, 0.1) is 0 Å². The summed E-state index contributed by atoms with van der Waals surface area (Å²) in [5, 5.41) is 1.36. The fourth-order valence-corrected chi connectivity index (χ4v) is 4.16. The Kier molecular flexibility index (Phi) is 7.44. The van der Waals surface area contributed by atoms with Crippen molar-refractivity contribution in [2.45, 2.75) is 58.5 Å². The lowest BCUT2D eigenvalue weighted by Crippen LogP contribution is -2.40. The molecule has 6 nitrogen and oxygen atoms in total. The van der Waals surface area contributed by atoms with Crippen molar-refractivity contribution in [1.29, 1.82) is 0 Å². The van der Waals surface area contributed by atoms with E-state index in [4.69, 9.17) is 34.8 Å². The van der Waals surface area contributed by atoms with Crippen LogP contribution in [0.25, 0.3) is 11.2 Å². The number of aryl methyl sites for hydroxylation is 1. The van der Waals surface area contributed by atoms with E-state index in [0.717, 1.165) is 31.2 Å². The van der Waals surface area contributed by atoms with Gasteiger partial charge in [0.2, 0.25) is 5.28 Å². The number of hydrogen-bond donors (Lipinski definition) is 1. The molecule has 1 N–H and O–H groups in total. The number of benzene rings is 1. The summed E-state index contributed by atoms with van der Waals surface area (Å²) < 4.78 is 2.80. The zero-order chi connectivity index (χ0) is 21.0. The summed E-state index contributed by atoms with van der Waals surface area (Å²) >= 11 is 18.4. The van der Waals surface area contributed by atoms with E-state index in [0.29, 0.717) is 41.6 Å². The summed E-state index contributed by atoms with van der Waals surface area (Å²) in [6.45, 7) is 2.90. The van der Waals surface area contributed by atoms with Crippen LogP contribution in [0.3, 0.4) is 0 Å². The van der Waals surface area contributed by atoms with Gasteiger partial charge in [0.1, 0.15) is 0 Å². The molecule has 0 aliphatic rings. The van der Waals surface area contributed by atoms with Crippen LogP contribution in [0.5, 0.6) is 0 Å². The van der Waals surface area contributed by atoms with E-state index in [1.54, 1.807) is 22.8 Å². The Morgan fingerprint density at radius 2 is 1.62 bits per heavy atom. The Morgan fingerprint density at radius 3 is 2.31 bits per heavy atom. The molecule has 0 aliphatic heterocycles. The Labute approximate surface area is 183 Å². The van der Waals surface area contributed by atoms with Crippen molar-refractivity contribution in [3.63, 3.8) is 0 Å². The zero-order valence-electron chi connectivity index (χ0n) is 16.2. The van der Waals surface area contributed by atoms with Crippen LogP contribution in [-0.4, -0.2) is 19.1 Å². The average Bonchev–Trinajstić information content (AvgIpc) is 3.07. The fraction of sp³-hybridized carbons (Fsp3) is 0.450. The first kappa shape index (κ1) is 21.9. The second-order valence-corrected chi connectivity index (χ2v) is 8.15. The van der Waals surface area contributed by atoms with Gasteiger partial charge in [0.05, 0.1) is 0 Å². The number of aromatic nitrogens is 4. The van der Waals surface area contributed by atoms with Crippen LogP contribution in [0.2, 0.25) is 15.3 Å². The summed E-state index contributed by atoms with van der Waals surface area (Å²) in [5.41, 5.74) is 0.723. The number of nitrogens with one attached hydrogen (secondary N) is 1. The predicted molar refractivity (Wildman–Crippen MR) is 119 cm³/mol. The molecule has 1 aromatic carbocycles. The SMILES string of the molecule is CCCCCn1c(=O)n(CCCCc2c(Cl)cccc2Cl)c(=O)c2[nH]c(Cl)nc21. The van der Waals surface area contributed by atoms with Gasteiger partial charge in [-0.25, -0.2) is 4.79 Å². The Morgan fingerprint density at radius 1 is 0.966 bits per heavy atom. The number of rotatable bonds is 9. The molecule has 0 bridgehead atoms. The lowest BCUT2D eigenvalue weighted by atomic mass is 10.1. The maximum atomic E-state index is 13.0. The smallest absolute Gasteiger partial charge is 0.323 e. The predicted octanol–water partition coefficient (Wildman–Crippen LogP) is 5.06. The number of fused-ring (bicyclic) bond motifs is 1. The van der Waals surface area contributed by atoms with E-state index in [1.807, 2.05) is 0 Å². The number of hydrogen-bond acceptors (Lipinski definition) is 3. The standard InChI is InChI=1S/C20H23Cl3N4O2/c1-2-3-5-11-26-17-16(24-19(23)25-17)18(28)27(20(26)29)12-6-4-8-13-14(21)9-7-10-15(13)22/h7,9-10H,2-6,8,11-12H2,1H3,(H,24,25). The third kappa shape index (κ3) is 4.87. The largest absolute Gasteiger partial charge is 0.332 e. The molecule has 0 atom stereocenters. The molecule has 0 amide bonds. The third-order valence-corrected chi connectivity index (χ3v) is 5.82. The molecule has 3 aromatic rings. The fourth-order valence-electron chi connectivity index (χ4n) is 3.40. The molecular weight excluding hydrogens is 435 g/mol. The van der Waals surface area contributed by atoms with Crippen molar-refractivity contribution in [2.75, 3.05) is 0 Å². The maximum absolute atomic E-state index is 13.0. The molecule has 29 heavy (non-hydrogen) atoms. The molecule has 0 saturated heterocycles. The van der Waals surface area contributed by atoms with Crippen molar-refractivity contribution >= 4 is 46.0 Å². The van der Waals surface area contributed by atoms with Crippen LogP contribution >= 0.6 is 34.8 Å². The maximum Gasteiger partial charge on any atom is 0.332 e. The van der Waals surface area contributed by atoms with Gasteiger partial charge in [-0.1, -0.05) is 49.0 Å². The van der Waals surface area contributed by atoms with E-state index in [-0.39, 0.29) is 16.5 Å². The van der Waals surface area contributed by atoms with Gasteiger partial charge >= 0.3 is 5.69 Å². The summed E-state index contributed by atoms with van der Waals surface area (Å²) in [6.07, 6.45) is 4.91. The van der Waals surface area contributed by atoms with Crippen LogP contribution in [-0.2, 0) is 19.5 Å². The van der Waals surface area contributed by atoms with E-state index < -0.39 is 5.56 Å². The van der Waals surface area contributed by atoms with E-state index in [1.165, 1.54) is 4.57 Å². The molecule has 0 fully saturated rings. The topological polar surface area (TPSA) is 72.7 Å². The van der Waals surface area contributed by atoms with Crippen LogP contribution in [0.15, 0.2) is 27.8 Å². The molecule has 2 heterocycles. The molecular formula is C20H23Cl3N4O2. The Balaban J connectivity index is 1.81. The molecule has 9 heteroatoms. The van der Waals surface area contributed by atoms with Gasteiger partial charge in [-0.15, -0.1) is 0 Å². The lowest BCUT2D eigenvalue weighted by Gasteiger charge is -2.11. The van der Waals surface area contributed by atoms with Crippen LogP contribution < -0.4 is 11.2 Å². The van der Waals surface area contributed by atoms with Crippen LogP contribution in [0.1, 0.15) is 44.6 Å². The lowest BCUT2D eigenvalue weighted by molar-refractivity contribution is 0.518. The summed E-state index contributed by atoms with van der Waals surface area (Å²) in [4.78, 5) is 32.7. The average molecular weight is 458 g/mol. The third-order valence-electron chi connectivity index (χ3n) is 4.94. The molecule has 156 valence electrons. The molecule has 0 spiro atoms. The number of unbranched alkanes of at least 4 members (excludes halogenated alkanes) is 3. The summed E-state index contributed by atoms with van der Waals surface area (Å²) in [5.74, 6) is 0. The highest BCUT2D eigenvalue weighted by molar-refractivity contribution is 6.36. The number of imidazole rings is 1. The highest BCUT2D eigenvalue weighted by atomic mass is 35.5. The molecule has 0 saturated carbocycles. The minimum atomic E-state index is -0.396.